The number of thiazole rings is 1. The standard InChI is InChI=1S/C21H19N3O2S/c1-2-12-26-18-8-6-16(7-9-18)19-14-27-21(23-19)24-20(25)17-5-3-4-15(13-17)10-11-22/h3-9,13-14H,2,10,12H2,1H3,(H,23,24,25). The molecule has 0 fully saturated rings. The molecule has 136 valence electrons. The Labute approximate surface area is 162 Å². The zero-order valence-corrected chi connectivity index (χ0v) is 15.8. The number of hydrogen-bond donors (Lipinski definition) is 1. The summed E-state index contributed by atoms with van der Waals surface area (Å²) in [4.78, 5) is 16.9. The van der Waals surface area contributed by atoms with Crippen molar-refractivity contribution in [2.45, 2.75) is 19.8 Å². The summed E-state index contributed by atoms with van der Waals surface area (Å²) in [7, 11) is 0. The van der Waals surface area contributed by atoms with Crippen LogP contribution in [0.15, 0.2) is 53.9 Å². The first-order valence-corrected chi connectivity index (χ1v) is 9.53. The number of anilines is 1. The molecule has 0 aliphatic carbocycles. The van der Waals surface area contributed by atoms with Gasteiger partial charge in [0.1, 0.15) is 5.75 Å². The van der Waals surface area contributed by atoms with Gasteiger partial charge in [0.25, 0.3) is 5.91 Å². The Balaban J connectivity index is 1.68. The Morgan fingerprint density at radius 2 is 2.07 bits per heavy atom. The summed E-state index contributed by atoms with van der Waals surface area (Å²) < 4.78 is 5.58. The summed E-state index contributed by atoms with van der Waals surface area (Å²) in [5, 5.41) is 14.0. The average Bonchev–Trinajstić information content (AvgIpc) is 3.16. The second-order valence-electron chi connectivity index (χ2n) is 5.90. The van der Waals surface area contributed by atoms with E-state index in [-0.39, 0.29) is 12.3 Å². The van der Waals surface area contributed by atoms with Gasteiger partial charge in [-0.3, -0.25) is 10.1 Å². The molecule has 0 aliphatic heterocycles. The molecule has 0 saturated carbocycles. The Morgan fingerprint density at radius 3 is 2.81 bits per heavy atom. The zero-order valence-electron chi connectivity index (χ0n) is 14.9. The van der Waals surface area contributed by atoms with E-state index in [1.807, 2.05) is 35.7 Å². The number of carbonyl (C=O) groups excluding carboxylic acids is 1. The third-order valence-corrected chi connectivity index (χ3v) is 4.58. The number of nitrogens with one attached hydrogen (secondary N) is 1. The van der Waals surface area contributed by atoms with Gasteiger partial charge in [-0.15, -0.1) is 11.3 Å². The average molecular weight is 377 g/mol. The lowest BCUT2D eigenvalue weighted by Gasteiger charge is -2.05. The maximum atomic E-state index is 12.4. The molecular formula is C21H19N3O2S. The summed E-state index contributed by atoms with van der Waals surface area (Å²) in [5.74, 6) is 0.598. The van der Waals surface area contributed by atoms with Gasteiger partial charge in [0.2, 0.25) is 0 Å². The number of nitriles is 1. The maximum Gasteiger partial charge on any atom is 0.257 e. The van der Waals surface area contributed by atoms with Gasteiger partial charge < -0.3 is 4.74 Å². The van der Waals surface area contributed by atoms with E-state index in [4.69, 9.17) is 10.00 Å². The van der Waals surface area contributed by atoms with Crippen molar-refractivity contribution >= 4 is 22.4 Å². The normalized spacial score (nSPS) is 10.2. The highest BCUT2D eigenvalue weighted by Crippen LogP contribution is 2.27. The van der Waals surface area contributed by atoms with Crippen LogP contribution in [0.25, 0.3) is 11.3 Å². The maximum absolute atomic E-state index is 12.4. The van der Waals surface area contributed by atoms with Crippen molar-refractivity contribution < 1.29 is 9.53 Å². The fourth-order valence-electron chi connectivity index (χ4n) is 2.49. The first-order valence-electron chi connectivity index (χ1n) is 8.65. The van der Waals surface area contributed by atoms with Gasteiger partial charge >= 0.3 is 0 Å². The number of nitrogens with zero attached hydrogens (tertiary/aromatic N) is 2. The topological polar surface area (TPSA) is 75.0 Å². The van der Waals surface area contributed by atoms with Crippen molar-refractivity contribution in [1.29, 1.82) is 5.26 Å². The molecule has 0 radical (unpaired) electrons. The van der Waals surface area contributed by atoms with E-state index < -0.39 is 0 Å². The van der Waals surface area contributed by atoms with Crippen LogP contribution < -0.4 is 10.1 Å². The van der Waals surface area contributed by atoms with Gasteiger partial charge in [-0.1, -0.05) is 19.1 Å². The van der Waals surface area contributed by atoms with Gasteiger partial charge in [-0.25, -0.2) is 4.98 Å². The molecule has 3 rings (SSSR count). The van der Waals surface area contributed by atoms with E-state index in [0.717, 1.165) is 29.0 Å². The van der Waals surface area contributed by atoms with Crippen LogP contribution in [0.2, 0.25) is 0 Å². The highest BCUT2D eigenvalue weighted by molar-refractivity contribution is 7.14. The van der Waals surface area contributed by atoms with Gasteiger partial charge in [0, 0.05) is 16.5 Å². The number of carbonyl (C=O) groups is 1. The van der Waals surface area contributed by atoms with Gasteiger partial charge in [0.05, 0.1) is 24.8 Å². The van der Waals surface area contributed by atoms with Crippen molar-refractivity contribution in [1.82, 2.24) is 4.98 Å². The minimum atomic E-state index is -0.237. The monoisotopic (exact) mass is 377 g/mol. The van der Waals surface area contributed by atoms with E-state index >= 15 is 0 Å². The first-order chi connectivity index (χ1) is 13.2. The molecule has 6 heteroatoms. The number of ether oxygens (including phenoxy) is 1. The quantitative estimate of drug-likeness (QED) is 0.634. The molecule has 0 bridgehead atoms. The van der Waals surface area contributed by atoms with E-state index in [1.54, 1.807) is 18.2 Å². The molecule has 27 heavy (non-hydrogen) atoms. The summed E-state index contributed by atoms with van der Waals surface area (Å²) >= 11 is 1.37. The first kappa shape index (κ1) is 18.6. The molecule has 1 heterocycles. The lowest BCUT2D eigenvalue weighted by atomic mass is 10.1. The van der Waals surface area contributed by atoms with Crippen molar-refractivity contribution in [3.05, 3.63) is 65.0 Å². The number of hydrogen-bond acceptors (Lipinski definition) is 5. The van der Waals surface area contributed by atoms with Crippen molar-refractivity contribution in [2.75, 3.05) is 11.9 Å². The van der Waals surface area contributed by atoms with Gasteiger partial charge in [0.15, 0.2) is 5.13 Å². The molecule has 0 saturated heterocycles. The molecule has 3 aromatic rings. The van der Waals surface area contributed by atoms with Crippen LogP contribution in [-0.4, -0.2) is 17.5 Å². The van der Waals surface area contributed by atoms with Gasteiger partial charge in [-0.05, 0) is 48.4 Å². The zero-order chi connectivity index (χ0) is 19.1. The molecule has 1 amide bonds. The molecule has 5 nitrogen and oxygen atoms in total. The number of amides is 1. The Bertz CT molecular complexity index is 958. The van der Waals surface area contributed by atoms with Crippen molar-refractivity contribution in [3.63, 3.8) is 0 Å². The second-order valence-corrected chi connectivity index (χ2v) is 6.76. The van der Waals surface area contributed by atoms with Crippen LogP contribution in [0.1, 0.15) is 29.3 Å². The molecule has 0 unspecified atom stereocenters. The van der Waals surface area contributed by atoms with Crippen LogP contribution in [0.3, 0.4) is 0 Å². The minimum absolute atomic E-state index is 0.237. The lowest BCUT2D eigenvalue weighted by Crippen LogP contribution is -2.11. The fraction of sp³-hybridized carbons (Fsp3) is 0.190. The lowest BCUT2D eigenvalue weighted by molar-refractivity contribution is 0.102. The predicted octanol–water partition coefficient (Wildman–Crippen LogP) is 4.92. The summed E-state index contributed by atoms with van der Waals surface area (Å²) in [6.07, 6.45) is 1.25. The molecule has 2 aromatic carbocycles. The highest BCUT2D eigenvalue weighted by Gasteiger charge is 2.11. The molecule has 0 atom stereocenters. The minimum Gasteiger partial charge on any atom is -0.494 e. The third kappa shape index (κ3) is 4.93. The molecule has 1 N–H and O–H groups in total. The number of benzene rings is 2. The predicted molar refractivity (Wildman–Crippen MR) is 107 cm³/mol. The van der Waals surface area contributed by atoms with Crippen LogP contribution in [0.5, 0.6) is 5.75 Å². The summed E-state index contributed by atoms with van der Waals surface area (Å²) in [6.45, 7) is 2.76. The van der Waals surface area contributed by atoms with Crippen LogP contribution >= 0.6 is 11.3 Å². The third-order valence-electron chi connectivity index (χ3n) is 3.82. The Hall–Kier alpha value is -3.17. The molecule has 1 aromatic heterocycles. The fourth-order valence-corrected chi connectivity index (χ4v) is 3.20. The SMILES string of the molecule is CCCOc1ccc(-c2csc(NC(=O)c3cccc(CC#N)c3)n2)cc1. The summed E-state index contributed by atoms with van der Waals surface area (Å²) in [5.41, 5.74) is 3.09. The number of rotatable bonds is 7. The smallest absolute Gasteiger partial charge is 0.257 e. The van der Waals surface area contributed by atoms with Crippen molar-refractivity contribution in [2.24, 2.45) is 0 Å². The van der Waals surface area contributed by atoms with E-state index in [1.165, 1.54) is 11.3 Å². The van der Waals surface area contributed by atoms with Gasteiger partial charge in [-0.2, -0.15) is 5.26 Å². The molecule has 0 aliphatic rings. The number of aromatic nitrogens is 1. The van der Waals surface area contributed by atoms with Crippen molar-refractivity contribution in [3.8, 4) is 23.1 Å². The van der Waals surface area contributed by atoms with Crippen LogP contribution in [-0.2, 0) is 6.42 Å². The molecular weight excluding hydrogens is 358 g/mol. The molecule has 0 spiro atoms. The Morgan fingerprint density at radius 1 is 1.26 bits per heavy atom. The largest absolute Gasteiger partial charge is 0.494 e. The summed E-state index contributed by atoms with van der Waals surface area (Å²) in [6, 6.07) is 16.9. The van der Waals surface area contributed by atoms with Crippen LogP contribution in [0, 0.1) is 11.3 Å². The van der Waals surface area contributed by atoms with E-state index in [2.05, 4.69) is 23.3 Å². The van der Waals surface area contributed by atoms with E-state index in [0.29, 0.717) is 17.3 Å². The second kappa shape index (κ2) is 8.97. The Kier molecular flexibility index (Phi) is 6.18. The van der Waals surface area contributed by atoms with Crippen LogP contribution in [0.4, 0.5) is 5.13 Å². The van der Waals surface area contributed by atoms with E-state index in [9.17, 15) is 4.79 Å². The highest BCUT2D eigenvalue weighted by atomic mass is 32.1.